The molecule has 0 nitrogen and oxygen atoms in total. The second-order valence-electron chi connectivity index (χ2n) is 12.2. The molecule has 0 fully saturated rings. The minimum atomic E-state index is -6.13. The summed E-state index contributed by atoms with van der Waals surface area (Å²) in [7, 11) is 1.86. The molecule has 0 saturated heterocycles. The predicted molar refractivity (Wildman–Crippen MR) is 164 cm³/mol. The average Bonchev–Trinajstić information content (AvgIpc) is 3.06. The van der Waals surface area contributed by atoms with Gasteiger partial charge in [-0.15, -0.1) is 0 Å². The summed E-state index contributed by atoms with van der Waals surface area (Å²) in [5, 5.41) is 0. The summed E-state index contributed by atoms with van der Waals surface area (Å²) >= 11 is 0. The summed E-state index contributed by atoms with van der Waals surface area (Å²) in [6.07, 6.45) is -54.8. The molecule has 0 bridgehead atoms. The molecule has 4 rings (SSSR count). The minimum Gasteiger partial charge on any atom is -0.194 e. The maximum Gasteiger partial charge on any atom is 0.416 e. The van der Waals surface area contributed by atoms with Crippen LogP contribution in [0.2, 0.25) is 6.55 Å². The van der Waals surface area contributed by atoms with Gasteiger partial charge in [0.15, 0.2) is 0 Å². The molecule has 324 valence electrons. The molecular weight excluding hydrogens is 891 g/mol. The fourth-order valence-electron chi connectivity index (χ4n) is 6.07. The van der Waals surface area contributed by atoms with Gasteiger partial charge in [0.25, 0.3) is 10.2 Å². The molecule has 4 aromatic rings. The molecule has 0 unspecified atom stereocenters. The van der Waals surface area contributed by atoms with Gasteiger partial charge in [0.05, 0.1) is 51.1 Å². The Kier molecular flexibility index (Phi) is 12.8. The van der Waals surface area contributed by atoms with E-state index in [4.69, 9.17) is 0 Å². The molecular formula is C33H17BF24Si. The molecule has 0 aliphatic rings. The summed E-state index contributed by atoms with van der Waals surface area (Å²) in [6.45, 7) is 2.03. The van der Waals surface area contributed by atoms with E-state index >= 15 is 0 Å². The molecule has 0 aliphatic carbocycles. The zero-order valence-electron chi connectivity index (χ0n) is 28.3. The van der Waals surface area contributed by atoms with Crippen LogP contribution in [0.4, 0.5) is 105 Å². The van der Waals surface area contributed by atoms with Crippen molar-refractivity contribution in [1.29, 1.82) is 0 Å². The van der Waals surface area contributed by atoms with Gasteiger partial charge < -0.3 is 0 Å². The van der Waals surface area contributed by atoms with Gasteiger partial charge in [0.1, 0.15) is 6.15 Å². The molecule has 0 heterocycles. The normalized spacial score (nSPS) is 13.9. The smallest absolute Gasteiger partial charge is 0.194 e. The fraction of sp³-hybridized carbons (Fsp3) is 0.273. The van der Waals surface area contributed by atoms with Gasteiger partial charge in [-0.25, -0.2) is 0 Å². The fourth-order valence-corrected chi connectivity index (χ4v) is 6.07. The SMILES string of the molecule is C[SiH2+].FC(F)(F)c1cc([B-](c2cc(C(F)(F)F)cc(C(F)(F)F)c2)(c2cc(C(F)(F)F)cc(C(F)(F)F)c2)c2cc(C(F)(F)F)cc(C(F)(F)F)c2)cc(C(F)(F)F)c1. The first-order chi connectivity index (χ1) is 26.3. The van der Waals surface area contributed by atoms with E-state index in [1.165, 1.54) is 0 Å². The predicted octanol–water partition coefficient (Wildman–Crippen LogP) is 10.9. The van der Waals surface area contributed by atoms with E-state index in [2.05, 4.69) is 0 Å². The number of hydrogen-bond acceptors (Lipinski definition) is 0. The molecule has 26 heteroatoms. The largest absolute Gasteiger partial charge is 0.416 e. The van der Waals surface area contributed by atoms with E-state index < -0.39 is 195 Å². The van der Waals surface area contributed by atoms with Crippen LogP contribution in [0.25, 0.3) is 0 Å². The van der Waals surface area contributed by atoms with Gasteiger partial charge in [0, 0.05) is 0 Å². The molecule has 0 aliphatic heterocycles. The lowest BCUT2D eigenvalue weighted by atomic mass is 9.12. The highest BCUT2D eigenvalue weighted by atomic mass is 28.1. The van der Waals surface area contributed by atoms with Crippen molar-refractivity contribution in [2.45, 2.75) is 56.0 Å². The first-order valence-corrected chi connectivity index (χ1v) is 16.7. The maximum absolute atomic E-state index is 14.2. The molecule has 0 radical (unpaired) electrons. The van der Waals surface area contributed by atoms with Crippen LogP contribution in [0.3, 0.4) is 0 Å². The van der Waals surface area contributed by atoms with Crippen LogP contribution in [0.15, 0.2) is 72.8 Å². The van der Waals surface area contributed by atoms with E-state index in [0.717, 1.165) is 0 Å². The Hall–Kier alpha value is -4.52. The molecule has 4 aromatic carbocycles. The van der Waals surface area contributed by atoms with Crippen molar-refractivity contribution in [2.24, 2.45) is 0 Å². The second-order valence-corrected chi connectivity index (χ2v) is 12.2. The van der Waals surface area contributed by atoms with Gasteiger partial charge >= 0.3 is 49.4 Å². The molecule has 59 heavy (non-hydrogen) atoms. The molecule has 0 saturated carbocycles. The van der Waals surface area contributed by atoms with Crippen molar-refractivity contribution in [3.63, 3.8) is 0 Å². The van der Waals surface area contributed by atoms with Crippen molar-refractivity contribution in [1.82, 2.24) is 0 Å². The lowest BCUT2D eigenvalue weighted by molar-refractivity contribution is -0.144. The van der Waals surface area contributed by atoms with E-state index in [9.17, 15) is 105 Å². The first-order valence-electron chi connectivity index (χ1n) is 15.3. The lowest BCUT2D eigenvalue weighted by Crippen LogP contribution is -2.75. The van der Waals surface area contributed by atoms with Crippen LogP contribution < -0.4 is 21.9 Å². The molecule has 0 amide bonds. The van der Waals surface area contributed by atoms with E-state index in [1.807, 2.05) is 16.8 Å². The molecule has 0 atom stereocenters. The Morgan fingerprint density at radius 1 is 0.237 bits per heavy atom. The lowest BCUT2D eigenvalue weighted by Gasteiger charge is -2.46. The Labute approximate surface area is 317 Å². The third kappa shape index (κ3) is 10.6. The summed E-state index contributed by atoms with van der Waals surface area (Å²) in [5.41, 5.74) is -30.2. The van der Waals surface area contributed by atoms with Crippen molar-refractivity contribution in [3.8, 4) is 0 Å². The Morgan fingerprint density at radius 3 is 0.424 bits per heavy atom. The van der Waals surface area contributed by atoms with Crippen LogP contribution in [-0.2, 0) is 49.4 Å². The van der Waals surface area contributed by atoms with Gasteiger partial charge in [-0.3, -0.25) is 0 Å². The van der Waals surface area contributed by atoms with Gasteiger partial charge in [-0.1, -0.05) is 48.5 Å². The molecule has 0 aromatic heterocycles. The van der Waals surface area contributed by atoms with Gasteiger partial charge in [-0.05, 0) is 24.3 Å². The van der Waals surface area contributed by atoms with Crippen LogP contribution in [0.5, 0.6) is 0 Å². The van der Waals surface area contributed by atoms with E-state index in [1.54, 1.807) is 0 Å². The van der Waals surface area contributed by atoms with Gasteiger partial charge in [-0.2, -0.15) is 127 Å². The summed E-state index contributed by atoms with van der Waals surface area (Å²) in [6, 6.07) is -8.81. The van der Waals surface area contributed by atoms with Crippen LogP contribution in [0, 0.1) is 0 Å². The monoisotopic (exact) mass is 908 g/mol. The van der Waals surface area contributed by atoms with E-state index in [-0.39, 0.29) is 0 Å². The topological polar surface area (TPSA) is 0 Å². The van der Waals surface area contributed by atoms with Crippen molar-refractivity contribution in [3.05, 3.63) is 117 Å². The zero-order chi connectivity index (χ0) is 45.9. The average molecular weight is 908 g/mol. The first kappa shape index (κ1) is 48.8. The van der Waals surface area contributed by atoms with Crippen molar-refractivity contribution >= 4 is 38.2 Å². The highest BCUT2D eigenvalue weighted by Crippen LogP contribution is 2.41. The summed E-state index contributed by atoms with van der Waals surface area (Å²) < 4.78 is 341. The highest BCUT2D eigenvalue weighted by molar-refractivity contribution is 7.20. The standard InChI is InChI=1S/C32H12BF24.CH5Si/c34-25(35,36)13-1-14(26(37,38)39)6-21(5-13)33(22-7-15(27(40,41)42)2-16(8-22)28(43,44)45,23-9-17(29(46,47)48)3-18(10-23)30(49,50)51)24-11-19(31(52,53)54)4-20(12-24)32(55,56)57;1-2/h1-12H;2H2,1H3/q-1;+1. The number of benzene rings is 4. The van der Waals surface area contributed by atoms with Crippen molar-refractivity contribution < 1.29 is 105 Å². The number of hydrogen-bond donors (Lipinski definition) is 0. The Balaban J connectivity index is 0.00000458. The van der Waals surface area contributed by atoms with Crippen LogP contribution in [-0.4, -0.2) is 16.4 Å². The number of rotatable bonds is 4. The third-order valence-electron chi connectivity index (χ3n) is 8.44. The van der Waals surface area contributed by atoms with Crippen LogP contribution in [0.1, 0.15) is 44.5 Å². The maximum atomic E-state index is 14.2. The highest BCUT2D eigenvalue weighted by Gasteiger charge is 2.47. The van der Waals surface area contributed by atoms with Gasteiger partial charge in [0.2, 0.25) is 0 Å². The van der Waals surface area contributed by atoms with Crippen LogP contribution >= 0.6 is 0 Å². The number of halogens is 24. The quantitative estimate of drug-likeness (QED) is 0.141. The molecule has 0 spiro atoms. The number of alkyl halides is 24. The minimum absolute atomic E-state index is 0.691. The second kappa shape index (κ2) is 15.5. The Bertz CT molecular complexity index is 1710. The zero-order valence-corrected chi connectivity index (χ0v) is 29.7. The summed E-state index contributed by atoms with van der Waals surface area (Å²) in [5.74, 6) is 0. The van der Waals surface area contributed by atoms with Crippen molar-refractivity contribution in [2.75, 3.05) is 0 Å². The van der Waals surface area contributed by atoms with E-state index in [0.29, 0.717) is 0 Å². The summed E-state index contributed by atoms with van der Waals surface area (Å²) in [4.78, 5) is 0. The third-order valence-corrected chi connectivity index (χ3v) is 8.44. The Morgan fingerprint density at radius 2 is 0.339 bits per heavy atom. The molecule has 0 N–H and O–H groups in total.